The third-order valence-corrected chi connectivity index (χ3v) is 27.9. The van der Waals surface area contributed by atoms with Crippen molar-refractivity contribution in [3.05, 3.63) is 174 Å². The molecule has 133 heavy (non-hydrogen) atoms. The Morgan fingerprint density at radius 2 is 0.752 bits per heavy atom. The average molecular weight is 1830 g/mol. The van der Waals surface area contributed by atoms with Gasteiger partial charge < -0.3 is 77.6 Å². The van der Waals surface area contributed by atoms with Crippen LogP contribution in [-0.2, 0) is 64.0 Å². The average Bonchev–Trinajstić information content (AvgIpc) is 1.34. The molecule has 0 spiro atoms. The summed E-state index contributed by atoms with van der Waals surface area (Å²) in [4.78, 5) is 83.5. The van der Waals surface area contributed by atoms with E-state index in [9.17, 15) is 0 Å². The Balaban J connectivity index is 0.000000114. The van der Waals surface area contributed by atoms with Crippen molar-refractivity contribution >= 4 is 84.4 Å². The van der Waals surface area contributed by atoms with Crippen LogP contribution in [0, 0.1) is 30.6 Å². The molecule has 0 radical (unpaired) electrons. The van der Waals surface area contributed by atoms with Crippen molar-refractivity contribution in [2.45, 2.75) is 179 Å². The van der Waals surface area contributed by atoms with Gasteiger partial charge in [0.2, 0.25) is 5.95 Å². The molecule has 12 aromatic rings. The number of nitrogen functional groups attached to an aromatic ring is 1. The fraction of sp³-hybridized carbons (Fsp3) is 0.520. The predicted molar refractivity (Wildman–Crippen MR) is 509 cm³/mol. The van der Waals surface area contributed by atoms with Gasteiger partial charge in [-0.25, -0.2) is 59.8 Å². The Hall–Kier alpha value is -11.6. The summed E-state index contributed by atoms with van der Waals surface area (Å²) in [6.45, 7) is 17.8. The van der Waals surface area contributed by atoms with Crippen LogP contribution in [0.15, 0.2) is 123 Å². The summed E-state index contributed by atoms with van der Waals surface area (Å²) in [5, 5.41) is 0.368. The molecule has 0 bridgehead atoms. The van der Waals surface area contributed by atoms with Gasteiger partial charge >= 0.3 is 0 Å². The number of methoxy groups -OCH3 is 1. The Bertz CT molecular complexity index is 5900. The van der Waals surface area contributed by atoms with E-state index in [1.54, 1.807) is 69.2 Å². The molecule has 32 nitrogen and oxygen atoms in total. The summed E-state index contributed by atoms with van der Waals surface area (Å²) in [5.41, 5.74) is 25.0. The zero-order chi connectivity index (χ0) is 90.2. The van der Waals surface area contributed by atoms with Crippen molar-refractivity contribution in [2.24, 2.45) is 23.7 Å². The highest BCUT2D eigenvalue weighted by Crippen LogP contribution is 2.43. The number of hydrogen-bond acceptors (Lipinski definition) is 32. The number of nitrogens with two attached hydrogens (primary N) is 1. The van der Waals surface area contributed by atoms with Crippen LogP contribution in [0.2, 0.25) is 5.15 Å². The Labute approximate surface area is 781 Å². The van der Waals surface area contributed by atoms with E-state index in [4.69, 9.17) is 74.7 Å². The van der Waals surface area contributed by atoms with Gasteiger partial charge in [0.15, 0.2) is 16.7 Å². The SMILES string of the molecule is CN1CCc2ncnc(CC3CCC(Oc4cc(N5CCOCC5)cc5nccnc45)CC3)c2C1.COc1c(Cl)ncnc1CC1CCC(Oc2cc(N3CCOCC3)cc3nccnc23)CC1.Cc1nc2c(c(CC3CCC(Oc4cc(N5CCOCC5)cc5nccnc45)CC3)n1)OCC2.Nc1nccc(CC2CCC(Oc3cc(N4CCOCC4)cc4nccnc34)CC2)n1. The molecule has 4 aromatic carbocycles. The van der Waals surface area contributed by atoms with E-state index in [0.717, 1.165) is 390 Å². The molecule has 4 aliphatic carbocycles. The molecule has 0 atom stereocenters. The smallest absolute Gasteiger partial charge is 0.220 e. The molecule has 6 aliphatic heterocycles. The highest BCUT2D eigenvalue weighted by atomic mass is 35.5. The number of nitrogens with zero attached hydrogens (tertiary/aromatic N) is 21. The summed E-state index contributed by atoms with van der Waals surface area (Å²) < 4.78 is 59.6. The van der Waals surface area contributed by atoms with Gasteiger partial charge in [-0.05, 0) is 196 Å². The normalized spacial score (nSPS) is 22.2. The molecule has 8 aromatic heterocycles. The number of morpholine rings is 4. The number of halogens is 1. The number of aromatic nitrogens is 16. The lowest BCUT2D eigenvalue weighted by atomic mass is 9.83. The minimum absolute atomic E-state index is 0.155. The third kappa shape index (κ3) is 22.9. The van der Waals surface area contributed by atoms with E-state index >= 15 is 0 Å². The van der Waals surface area contributed by atoms with Crippen molar-refractivity contribution in [2.75, 3.05) is 158 Å². The summed E-state index contributed by atoms with van der Waals surface area (Å²) in [6.07, 6.45) is 42.4. The van der Waals surface area contributed by atoms with Gasteiger partial charge in [-0.3, -0.25) is 19.9 Å². The maximum absolute atomic E-state index is 6.61. The Morgan fingerprint density at radius 1 is 0.376 bits per heavy atom. The molecule has 4 saturated carbocycles. The molecule has 0 unspecified atom stereocenters. The number of fused-ring (bicyclic) bond motifs is 6. The number of benzene rings is 4. The standard InChI is InChI=1S/C27H34N6O2.C26H31N5O3.C24H28ClN5O3.C23H28N6O2/c1-32-9-6-23-22(17-32)24(31-18-30-23)14-19-2-4-21(5-3-19)35-26-16-20(33-10-12-34-13-11-33)15-25-27(26)29-8-7-28-25;1-17-29-21-6-11-33-26(21)23(30-17)14-18-2-4-20(5-3-18)34-24-16-19(31-9-12-32-13-10-31)15-22-25(24)28-8-7-27-22;1-31-23-20(28-15-29-24(23)25)12-16-2-4-18(5-3-16)33-21-14-17(30-8-10-32-11-9-30)13-19-22(21)27-7-6-26-19;24-23-27-6-5-17(28-23)13-16-1-3-19(4-2-16)31-21-15-18(29-9-11-30-12-10-29)14-20-22(21)26-8-7-25-20/h7-8,15-16,18-19,21H,2-6,9-14,17H2,1H3;7-8,15-16,18,20H,2-6,9-14H2,1H3;6-7,13-16,18H,2-5,8-12H2,1H3;5-8,14-16,19H,1-4,9-13H2,(H2,24,27,28). The van der Waals surface area contributed by atoms with E-state index in [1.165, 1.54) is 23.3 Å². The van der Waals surface area contributed by atoms with Crippen LogP contribution in [0.25, 0.3) is 44.1 Å². The van der Waals surface area contributed by atoms with Crippen molar-refractivity contribution in [1.82, 2.24) is 84.6 Å². The van der Waals surface area contributed by atoms with Crippen LogP contribution >= 0.6 is 11.6 Å². The van der Waals surface area contributed by atoms with Crippen LogP contribution in [0.3, 0.4) is 0 Å². The highest BCUT2D eigenvalue weighted by molar-refractivity contribution is 6.30. The number of likely N-dealkylation sites (N-methyl/N-ethyl adjacent to an activating group) is 1. The largest absolute Gasteiger partial charge is 0.492 e. The first-order valence-corrected chi connectivity index (χ1v) is 48.4. The molecule has 14 heterocycles. The van der Waals surface area contributed by atoms with Gasteiger partial charge in [0.25, 0.3) is 0 Å². The van der Waals surface area contributed by atoms with E-state index in [-0.39, 0.29) is 24.4 Å². The zero-order valence-electron chi connectivity index (χ0n) is 76.6. The number of rotatable bonds is 21. The zero-order valence-corrected chi connectivity index (χ0v) is 77.3. The van der Waals surface area contributed by atoms with E-state index in [1.807, 2.05) is 13.0 Å². The van der Waals surface area contributed by atoms with Crippen LogP contribution in [-0.4, -0.2) is 242 Å². The molecule has 22 rings (SSSR count). The predicted octanol–water partition coefficient (Wildman–Crippen LogP) is 14.2. The number of hydrogen-bond donors (Lipinski definition) is 1. The first-order chi connectivity index (χ1) is 65.4. The van der Waals surface area contributed by atoms with Gasteiger partial charge in [0.1, 0.15) is 63.5 Å². The molecule has 0 amide bonds. The lowest BCUT2D eigenvalue weighted by molar-refractivity contribution is 0.122. The van der Waals surface area contributed by atoms with Crippen molar-refractivity contribution in [3.63, 3.8) is 0 Å². The molecule has 4 saturated heterocycles. The van der Waals surface area contributed by atoms with Crippen molar-refractivity contribution in [1.29, 1.82) is 0 Å². The maximum atomic E-state index is 6.61. The lowest BCUT2D eigenvalue weighted by Crippen LogP contribution is -2.36. The van der Waals surface area contributed by atoms with Gasteiger partial charge in [-0.15, -0.1) is 0 Å². The number of anilines is 5. The summed E-state index contributed by atoms with van der Waals surface area (Å²) in [7, 11) is 3.79. The molecule has 698 valence electrons. The third-order valence-electron chi connectivity index (χ3n) is 27.6. The summed E-state index contributed by atoms with van der Waals surface area (Å²) in [5.74, 6) is 8.43. The second-order valence-electron chi connectivity index (χ2n) is 36.6. The van der Waals surface area contributed by atoms with E-state index in [0.29, 0.717) is 40.5 Å². The molecular weight excluding hydrogens is 1700 g/mol. The quantitative estimate of drug-likeness (QED) is 0.0653. The van der Waals surface area contributed by atoms with Crippen LogP contribution in [0.1, 0.15) is 148 Å². The van der Waals surface area contributed by atoms with E-state index in [2.05, 4.69) is 150 Å². The Kier molecular flexibility index (Phi) is 29.7. The van der Waals surface area contributed by atoms with Gasteiger partial charge in [0.05, 0.1) is 130 Å². The second kappa shape index (κ2) is 43.6. The van der Waals surface area contributed by atoms with Crippen LogP contribution in [0.5, 0.6) is 34.5 Å². The molecule has 8 fully saturated rings. The maximum Gasteiger partial charge on any atom is 0.220 e. The highest BCUT2D eigenvalue weighted by Gasteiger charge is 2.34. The monoisotopic (exact) mass is 1820 g/mol. The molecule has 2 N–H and O–H groups in total. The van der Waals surface area contributed by atoms with Gasteiger partial charge in [-0.1, -0.05) is 11.6 Å². The fourth-order valence-corrected chi connectivity index (χ4v) is 20.7. The van der Waals surface area contributed by atoms with Crippen LogP contribution in [0.4, 0.5) is 28.7 Å². The lowest BCUT2D eigenvalue weighted by Gasteiger charge is -2.32. The molecule has 33 heteroatoms. The van der Waals surface area contributed by atoms with Crippen LogP contribution < -0.4 is 53.8 Å². The van der Waals surface area contributed by atoms with E-state index < -0.39 is 0 Å². The van der Waals surface area contributed by atoms with Crippen molar-refractivity contribution in [3.8, 4) is 34.5 Å². The minimum atomic E-state index is 0.155. The summed E-state index contributed by atoms with van der Waals surface area (Å²) >= 11 is 6.16. The number of ether oxygens (including phenoxy) is 10. The summed E-state index contributed by atoms with van der Waals surface area (Å²) in [6, 6.07) is 18.9. The van der Waals surface area contributed by atoms with Crippen molar-refractivity contribution < 1.29 is 47.4 Å². The van der Waals surface area contributed by atoms with Gasteiger partial charge in [0, 0.05) is 204 Å². The topological polar surface area (TPSA) is 341 Å². The number of aryl methyl sites for hydroxylation is 1. The first kappa shape index (κ1) is 90.6. The second-order valence-corrected chi connectivity index (χ2v) is 37.0. The van der Waals surface area contributed by atoms with Gasteiger partial charge in [-0.2, -0.15) is 0 Å². The molecule has 10 aliphatic rings. The fourth-order valence-electron chi connectivity index (χ4n) is 20.5. The first-order valence-electron chi connectivity index (χ1n) is 48.0. The molecular formula is C100H121ClN22O10. The Morgan fingerprint density at radius 3 is 1.16 bits per heavy atom. The minimum Gasteiger partial charge on any atom is -0.492 e.